The van der Waals surface area contributed by atoms with E-state index in [-0.39, 0.29) is 20.9 Å². The third-order valence-electron chi connectivity index (χ3n) is 2.19. The lowest BCUT2D eigenvalue weighted by atomic mass is 10.2. The Balaban J connectivity index is 2.92. The fourth-order valence-corrected chi connectivity index (χ4v) is 1.90. The van der Waals surface area contributed by atoms with Gasteiger partial charge in [-0.3, -0.25) is 4.79 Å². The normalized spacial score (nSPS) is 12.1. The van der Waals surface area contributed by atoms with Gasteiger partial charge in [0, 0.05) is 6.07 Å². The van der Waals surface area contributed by atoms with E-state index in [9.17, 15) is 18.0 Å². The fourth-order valence-electron chi connectivity index (χ4n) is 1.44. The van der Waals surface area contributed by atoms with Crippen molar-refractivity contribution in [3.05, 3.63) is 44.2 Å². The molecule has 0 fully saturated rings. The molecule has 2 nitrogen and oxygen atoms in total. The van der Waals surface area contributed by atoms with Crippen LogP contribution in [0.25, 0.3) is 10.9 Å². The van der Waals surface area contributed by atoms with E-state index in [1.165, 1.54) is 12.1 Å². The second-order valence-corrected chi connectivity index (χ2v) is 4.14. The highest BCUT2D eigenvalue weighted by Crippen LogP contribution is 2.31. The van der Waals surface area contributed by atoms with Gasteiger partial charge < -0.3 is 4.98 Å². The summed E-state index contributed by atoms with van der Waals surface area (Å²) in [5.74, 6) is 0. The summed E-state index contributed by atoms with van der Waals surface area (Å²) in [5, 5.41) is 0.0131. The Morgan fingerprint density at radius 1 is 1.12 bits per heavy atom. The second-order valence-electron chi connectivity index (χ2n) is 3.32. The topological polar surface area (TPSA) is 32.9 Å². The molecule has 0 bridgehead atoms. The Kier molecular flexibility index (Phi) is 2.83. The number of benzene rings is 1. The zero-order valence-corrected chi connectivity index (χ0v) is 9.54. The second kappa shape index (κ2) is 3.92. The first-order valence-corrected chi connectivity index (χ1v) is 5.14. The minimum atomic E-state index is -4.64. The lowest BCUT2D eigenvalue weighted by molar-refractivity contribution is -0.141. The van der Waals surface area contributed by atoms with E-state index in [0.717, 1.165) is 0 Å². The Morgan fingerprint density at radius 3 is 2.29 bits per heavy atom. The molecule has 2 rings (SSSR count). The highest BCUT2D eigenvalue weighted by atomic mass is 35.5. The van der Waals surface area contributed by atoms with Gasteiger partial charge in [-0.15, -0.1) is 0 Å². The highest BCUT2D eigenvalue weighted by molar-refractivity contribution is 6.39. The Labute approximate surface area is 103 Å². The summed E-state index contributed by atoms with van der Waals surface area (Å²) in [4.78, 5) is 13.6. The van der Waals surface area contributed by atoms with Gasteiger partial charge in [0.15, 0.2) is 5.43 Å². The molecule has 0 amide bonds. The van der Waals surface area contributed by atoms with E-state index in [0.29, 0.717) is 6.07 Å². The number of hydrogen-bond donors (Lipinski definition) is 1. The number of nitrogens with one attached hydrogen (secondary N) is 1. The van der Waals surface area contributed by atoms with Gasteiger partial charge in [0.1, 0.15) is 5.69 Å². The van der Waals surface area contributed by atoms with Crippen LogP contribution >= 0.6 is 23.2 Å². The van der Waals surface area contributed by atoms with Crippen molar-refractivity contribution in [3.8, 4) is 0 Å². The Bertz CT molecular complexity index is 648. The minimum absolute atomic E-state index is 0.00704. The molecule has 90 valence electrons. The highest BCUT2D eigenvalue weighted by Gasteiger charge is 2.32. The van der Waals surface area contributed by atoms with E-state index < -0.39 is 17.3 Å². The van der Waals surface area contributed by atoms with Crippen LogP contribution in [0.4, 0.5) is 13.2 Å². The predicted octanol–water partition coefficient (Wildman–Crippen LogP) is 3.85. The van der Waals surface area contributed by atoms with Crippen LogP contribution < -0.4 is 5.43 Å². The molecule has 17 heavy (non-hydrogen) atoms. The number of pyridine rings is 1. The fraction of sp³-hybridized carbons (Fsp3) is 0.100. The van der Waals surface area contributed by atoms with Gasteiger partial charge in [-0.1, -0.05) is 23.2 Å². The van der Waals surface area contributed by atoms with Gasteiger partial charge in [-0.25, -0.2) is 0 Å². The lowest BCUT2D eigenvalue weighted by Gasteiger charge is -2.09. The summed E-state index contributed by atoms with van der Waals surface area (Å²) < 4.78 is 37.4. The largest absolute Gasteiger partial charge is 0.431 e. The zero-order chi connectivity index (χ0) is 12.8. The van der Waals surface area contributed by atoms with Crippen LogP contribution in [0, 0.1) is 0 Å². The first kappa shape index (κ1) is 12.3. The molecule has 1 heterocycles. The van der Waals surface area contributed by atoms with Crippen LogP contribution in [0.15, 0.2) is 23.0 Å². The van der Waals surface area contributed by atoms with Crippen molar-refractivity contribution >= 4 is 34.1 Å². The maximum Gasteiger partial charge on any atom is 0.431 e. The molecule has 2 aromatic rings. The quantitative estimate of drug-likeness (QED) is 0.782. The van der Waals surface area contributed by atoms with Gasteiger partial charge in [0.2, 0.25) is 0 Å². The number of aromatic amines is 1. The smallest absolute Gasteiger partial charge is 0.350 e. The van der Waals surface area contributed by atoms with Crippen molar-refractivity contribution in [1.29, 1.82) is 0 Å². The van der Waals surface area contributed by atoms with Crippen LogP contribution in [0.1, 0.15) is 5.69 Å². The van der Waals surface area contributed by atoms with Crippen LogP contribution in [0.5, 0.6) is 0 Å². The minimum Gasteiger partial charge on any atom is -0.350 e. The standard InChI is InChI=1S/C10H4Cl2F3NO/c11-4-1-2-5(12)9-8(4)6(17)3-7(16-9)10(13,14)15/h1-3H,(H,16,17). The molecule has 0 aliphatic heterocycles. The molecule has 0 radical (unpaired) electrons. The maximum absolute atomic E-state index is 12.5. The first-order valence-electron chi connectivity index (χ1n) is 4.39. The van der Waals surface area contributed by atoms with Gasteiger partial charge in [0.25, 0.3) is 0 Å². The van der Waals surface area contributed by atoms with E-state index in [2.05, 4.69) is 4.98 Å². The van der Waals surface area contributed by atoms with Crippen molar-refractivity contribution in [3.63, 3.8) is 0 Å². The predicted molar refractivity (Wildman–Crippen MR) is 59.6 cm³/mol. The monoisotopic (exact) mass is 281 g/mol. The number of aromatic nitrogens is 1. The summed E-state index contributed by atoms with van der Waals surface area (Å²) in [6.45, 7) is 0. The maximum atomic E-state index is 12.5. The molecule has 0 spiro atoms. The van der Waals surface area contributed by atoms with Crippen molar-refractivity contribution in [1.82, 2.24) is 4.98 Å². The molecule has 0 saturated carbocycles. The van der Waals surface area contributed by atoms with Crippen LogP contribution in [-0.4, -0.2) is 4.98 Å². The molecule has 1 aromatic heterocycles. The molecule has 1 N–H and O–H groups in total. The van der Waals surface area contributed by atoms with Crippen molar-refractivity contribution in [2.45, 2.75) is 6.18 Å². The summed E-state index contributed by atoms with van der Waals surface area (Å²) in [5.41, 5.74) is -2.09. The Hall–Kier alpha value is -1.20. The average Bonchev–Trinajstić information content (AvgIpc) is 2.21. The van der Waals surface area contributed by atoms with Gasteiger partial charge in [-0.05, 0) is 12.1 Å². The number of hydrogen-bond acceptors (Lipinski definition) is 1. The molecular formula is C10H4Cl2F3NO. The number of alkyl halides is 3. The molecular weight excluding hydrogens is 278 g/mol. The van der Waals surface area contributed by atoms with E-state index in [1.807, 2.05) is 0 Å². The third kappa shape index (κ3) is 2.12. The molecule has 0 atom stereocenters. The third-order valence-corrected chi connectivity index (χ3v) is 2.82. The van der Waals surface area contributed by atoms with Crippen molar-refractivity contribution < 1.29 is 13.2 Å². The summed E-state index contributed by atoms with van der Waals surface area (Å²) in [7, 11) is 0. The zero-order valence-electron chi connectivity index (χ0n) is 8.03. The van der Waals surface area contributed by atoms with Gasteiger partial charge >= 0.3 is 6.18 Å². The van der Waals surface area contributed by atoms with Crippen LogP contribution in [0.2, 0.25) is 10.0 Å². The van der Waals surface area contributed by atoms with Gasteiger partial charge in [-0.2, -0.15) is 13.2 Å². The number of H-pyrrole nitrogens is 1. The molecule has 0 aliphatic carbocycles. The number of fused-ring (bicyclic) bond motifs is 1. The SMILES string of the molecule is O=c1cc(C(F)(F)F)[nH]c2c(Cl)ccc(Cl)c12. The molecule has 7 heteroatoms. The molecule has 0 saturated heterocycles. The van der Waals surface area contributed by atoms with E-state index in [1.54, 1.807) is 0 Å². The molecule has 0 unspecified atom stereocenters. The van der Waals surface area contributed by atoms with E-state index >= 15 is 0 Å². The lowest BCUT2D eigenvalue weighted by Crippen LogP contribution is -2.14. The molecule has 1 aromatic carbocycles. The number of rotatable bonds is 0. The number of halogens is 5. The van der Waals surface area contributed by atoms with Crippen molar-refractivity contribution in [2.24, 2.45) is 0 Å². The average molecular weight is 282 g/mol. The van der Waals surface area contributed by atoms with Gasteiger partial charge in [0.05, 0.1) is 20.9 Å². The van der Waals surface area contributed by atoms with Crippen molar-refractivity contribution in [2.75, 3.05) is 0 Å². The van der Waals surface area contributed by atoms with Crippen LogP contribution in [0.3, 0.4) is 0 Å². The van der Waals surface area contributed by atoms with Crippen LogP contribution in [-0.2, 0) is 6.18 Å². The summed E-state index contributed by atoms with van der Waals surface area (Å²) in [6, 6.07) is 3.14. The Morgan fingerprint density at radius 2 is 1.71 bits per heavy atom. The summed E-state index contributed by atoms with van der Waals surface area (Å²) >= 11 is 11.5. The first-order chi connectivity index (χ1) is 7.80. The molecule has 0 aliphatic rings. The van der Waals surface area contributed by atoms with E-state index in [4.69, 9.17) is 23.2 Å². The summed E-state index contributed by atoms with van der Waals surface area (Å²) in [6.07, 6.45) is -4.64.